The molecule has 0 bridgehead atoms. The van der Waals surface area contributed by atoms with E-state index >= 15 is 0 Å². The van der Waals surface area contributed by atoms with E-state index in [4.69, 9.17) is 0 Å². The molecule has 3 rings (SSSR count). The second-order valence-corrected chi connectivity index (χ2v) is 4.42. The highest BCUT2D eigenvalue weighted by atomic mass is 15.0. The lowest BCUT2D eigenvalue weighted by molar-refractivity contribution is 0.634. The minimum atomic E-state index is 0.633. The number of rotatable bonds is 3. The highest BCUT2D eigenvalue weighted by molar-refractivity contribution is 5.92. The molecule has 2 aromatic rings. The van der Waals surface area contributed by atoms with Crippen molar-refractivity contribution in [2.24, 2.45) is 0 Å². The molecule has 1 unspecified atom stereocenters. The number of anilines is 1. The number of hydrogen-bond acceptors (Lipinski definition) is 2. The quantitative estimate of drug-likeness (QED) is 0.735. The number of nitrogens with one attached hydrogen (secondary N) is 3. The van der Waals surface area contributed by atoms with Gasteiger partial charge in [0.15, 0.2) is 0 Å². The smallest absolute Gasteiger partial charge is 0.0598 e. The molecule has 1 aliphatic heterocycles. The van der Waals surface area contributed by atoms with E-state index in [1.165, 1.54) is 36.0 Å². The summed E-state index contributed by atoms with van der Waals surface area (Å²) in [6.45, 7) is 2.18. The zero-order chi connectivity index (χ0) is 10.8. The van der Waals surface area contributed by atoms with E-state index in [2.05, 4.69) is 46.1 Å². The summed E-state index contributed by atoms with van der Waals surface area (Å²) in [5.74, 6) is 0. The summed E-state index contributed by atoms with van der Waals surface area (Å²) in [6, 6.07) is 9.02. The van der Waals surface area contributed by atoms with Crippen molar-refractivity contribution in [1.82, 2.24) is 10.3 Å². The third kappa shape index (κ3) is 1.78. The predicted octanol–water partition coefficient (Wildman–Crippen LogP) is 2.33. The molecule has 1 aliphatic rings. The molecule has 1 aromatic carbocycles. The van der Waals surface area contributed by atoms with Crippen molar-refractivity contribution in [2.75, 3.05) is 18.4 Å². The Morgan fingerprint density at radius 3 is 3.12 bits per heavy atom. The monoisotopic (exact) mass is 215 g/mol. The average molecular weight is 215 g/mol. The lowest BCUT2D eigenvalue weighted by Crippen LogP contribution is -2.29. The summed E-state index contributed by atoms with van der Waals surface area (Å²) in [4.78, 5) is 3.28. The van der Waals surface area contributed by atoms with Gasteiger partial charge in [0.25, 0.3) is 0 Å². The lowest BCUT2D eigenvalue weighted by atomic mass is 10.2. The zero-order valence-electron chi connectivity index (χ0n) is 9.29. The molecule has 16 heavy (non-hydrogen) atoms. The Bertz CT molecular complexity index is 469. The Morgan fingerprint density at radius 2 is 2.25 bits per heavy atom. The van der Waals surface area contributed by atoms with Crippen LogP contribution >= 0.6 is 0 Å². The van der Waals surface area contributed by atoms with Gasteiger partial charge < -0.3 is 15.6 Å². The van der Waals surface area contributed by atoms with Crippen LogP contribution in [0, 0.1) is 0 Å². The summed E-state index contributed by atoms with van der Waals surface area (Å²) >= 11 is 0. The van der Waals surface area contributed by atoms with Crippen molar-refractivity contribution in [1.29, 1.82) is 0 Å². The van der Waals surface area contributed by atoms with E-state index in [-0.39, 0.29) is 0 Å². The minimum absolute atomic E-state index is 0.633. The summed E-state index contributed by atoms with van der Waals surface area (Å²) in [5.41, 5.74) is 2.41. The molecule has 1 aromatic heterocycles. The SMILES string of the molecule is c1ccc2c(NCC3CCCN3)c[nH]c2c1. The first-order valence-electron chi connectivity index (χ1n) is 5.97. The topological polar surface area (TPSA) is 39.8 Å². The van der Waals surface area contributed by atoms with Gasteiger partial charge in [0, 0.05) is 29.7 Å². The number of para-hydroxylation sites is 1. The predicted molar refractivity (Wildman–Crippen MR) is 67.8 cm³/mol. The molecule has 0 amide bonds. The fraction of sp³-hybridized carbons (Fsp3) is 0.385. The Kier molecular flexibility index (Phi) is 2.54. The van der Waals surface area contributed by atoms with Gasteiger partial charge in [0.1, 0.15) is 0 Å². The largest absolute Gasteiger partial charge is 0.382 e. The maximum atomic E-state index is 3.52. The molecule has 0 saturated carbocycles. The molecule has 0 radical (unpaired) electrons. The first-order chi connectivity index (χ1) is 7.93. The highest BCUT2D eigenvalue weighted by Gasteiger charge is 2.13. The van der Waals surface area contributed by atoms with Crippen LogP contribution in [0.2, 0.25) is 0 Å². The summed E-state index contributed by atoms with van der Waals surface area (Å²) in [5, 5.41) is 8.29. The van der Waals surface area contributed by atoms with Crippen molar-refractivity contribution in [3.8, 4) is 0 Å². The maximum absolute atomic E-state index is 3.52. The van der Waals surface area contributed by atoms with Gasteiger partial charge >= 0.3 is 0 Å². The van der Waals surface area contributed by atoms with Crippen LogP contribution < -0.4 is 10.6 Å². The minimum Gasteiger partial charge on any atom is -0.382 e. The second-order valence-electron chi connectivity index (χ2n) is 4.42. The van der Waals surface area contributed by atoms with Gasteiger partial charge in [-0.25, -0.2) is 0 Å². The number of aromatic amines is 1. The molecule has 2 heterocycles. The van der Waals surface area contributed by atoms with Gasteiger partial charge in [-0.05, 0) is 25.5 Å². The average Bonchev–Trinajstić information content (AvgIpc) is 2.96. The fourth-order valence-corrected chi connectivity index (χ4v) is 2.38. The van der Waals surface area contributed by atoms with Gasteiger partial charge in [-0.3, -0.25) is 0 Å². The lowest BCUT2D eigenvalue weighted by Gasteiger charge is -2.11. The third-order valence-corrected chi connectivity index (χ3v) is 3.29. The van der Waals surface area contributed by atoms with Crippen LogP contribution in [0.1, 0.15) is 12.8 Å². The number of H-pyrrole nitrogens is 1. The molecule has 1 fully saturated rings. The van der Waals surface area contributed by atoms with E-state index in [1.54, 1.807) is 0 Å². The van der Waals surface area contributed by atoms with Crippen LogP contribution in [0.25, 0.3) is 10.9 Å². The second kappa shape index (κ2) is 4.18. The Labute approximate surface area is 95.2 Å². The van der Waals surface area contributed by atoms with Crippen LogP contribution in [0.5, 0.6) is 0 Å². The van der Waals surface area contributed by atoms with Crippen LogP contribution in [0.4, 0.5) is 5.69 Å². The fourth-order valence-electron chi connectivity index (χ4n) is 2.38. The number of fused-ring (bicyclic) bond motifs is 1. The molecular formula is C13H17N3. The highest BCUT2D eigenvalue weighted by Crippen LogP contribution is 2.22. The zero-order valence-corrected chi connectivity index (χ0v) is 9.29. The van der Waals surface area contributed by atoms with Gasteiger partial charge in [0.2, 0.25) is 0 Å². The maximum Gasteiger partial charge on any atom is 0.0598 e. The molecule has 1 atom stereocenters. The van der Waals surface area contributed by atoms with Crippen molar-refractivity contribution >= 4 is 16.6 Å². The number of aromatic nitrogens is 1. The molecule has 1 saturated heterocycles. The van der Waals surface area contributed by atoms with Crippen LogP contribution in [0.3, 0.4) is 0 Å². The van der Waals surface area contributed by atoms with Gasteiger partial charge in [0.05, 0.1) is 5.69 Å². The van der Waals surface area contributed by atoms with E-state index < -0.39 is 0 Å². The van der Waals surface area contributed by atoms with E-state index in [0.717, 1.165) is 6.54 Å². The van der Waals surface area contributed by atoms with E-state index in [0.29, 0.717) is 6.04 Å². The molecule has 3 heteroatoms. The number of hydrogen-bond donors (Lipinski definition) is 3. The van der Waals surface area contributed by atoms with Crippen molar-refractivity contribution < 1.29 is 0 Å². The van der Waals surface area contributed by atoms with Crippen LogP contribution in [0.15, 0.2) is 30.5 Å². The normalized spacial score (nSPS) is 20.4. The van der Waals surface area contributed by atoms with E-state index in [9.17, 15) is 0 Å². The van der Waals surface area contributed by atoms with Crippen molar-refractivity contribution in [3.63, 3.8) is 0 Å². The molecular weight excluding hydrogens is 198 g/mol. The Hall–Kier alpha value is -1.48. The summed E-state index contributed by atoms with van der Waals surface area (Å²) in [6.07, 6.45) is 4.65. The van der Waals surface area contributed by atoms with E-state index in [1.807, 2.05) is 0 Å². The summed E-state index contributed by atoms with van der Waals surface area (Å²) in [7, 11) is 0. The summed E-state index contributed by atoms with van der Waals surface area (Å²) < 4.78 is 0. The van der Waals surface area contributed by atoms with Crippen molar-refractivity contribution in [3.05, 3.63) is 30.5 Å². The molecule has 84 valence electrons. The molecule has 0 spiro atoms. The Morgan fingerprint density at radius 1 is 1.31 bits per heavy atom. The first kappa shape index (κ1) is 9.73. The van der Waals surface area contributed by atoms with Crippen LogP contribution in [-0.2, 0) is 0 Å². The van der Waals surface area contributed by atoms with Gasteiger partial charge in [-0.1, -0.05) is 18.2 Å². The first-order valence-corrected chi connectivity index (χ1v) is 5.97. The standard InChI is InChI=1S/C13H17N3/c1-2-6-12-11(5-1)13(9-16-12)15-8-10-4-3-7-14-10/h1-2,5-6,9-10,14-16H,3-4,7-8H2. The van der Waals surface area contributed by atoms with Crippen LogP contribution in [-0.4, -0.2) is 24.1 Å². The van der Waals surface area contributed by atoms with Gasteiger partial charge in [-0.15, -0.1) is 0 Å². The Balaban J connectivity index is 1.73. The molecule has 0 aliphatic carbocycles. The number of benzene rings is 1. The van der Waals surface area contributed by atoms with Crippen molar-refractivity contribution in [2.45, 2.75) is 18.9 Å². The third-order valence-electron chi connectivity index (χ3n) is 3.29. The van der Waals surface area contributed by atoms with Gasteiger partial charge in [-0.2, -0.15) is 0 Å². The molecule has 3 N–H and O–H groups in total. The molecule has 3 nitrogen and oxygen atoms in total.